The molecule has 4 aliphatic carbocycles. The second kappa shape index (κ2) is 7.36. The summed E-state index contributed by atoms with van der Waals surface area (Å²) in [6.45, 7) is 15.6. The molecule has 0 aromatic heterocycles. The van der Waals surface area contributed by atoms with Crippen LogP contribution in [-0.2, 0) is 0 Å². The van der Waals surface area contributed by atoms with Crippen LogP contribution in [0.1, 0.15) is 112 Å². The van der Waals surface area contributed by atoms with Gasteiger partial charge in [0.1, 0.15) is 0 Å². The lowest BCUT2D eigenvalue weighted by Gasteiger charge is -2.63. The zero-order chi connectivity index (χ0) is 19.4. The summed E-state index contributed by atoms with van der Waals surface area (Å²) in [6, 6.07) is 0. The standard InChI is InChI=1S/C27H48/c1-7-8-9-19(3)22-10-11-23-25-20(4)17-21-16-18(2)12-14-26(21,5)24(25)13-15-27(22,23)6/h18-25H,7-17H2,1-6H3. The maximum Gasteiger partial charge on any atom is -0.0264 e. The zero-order valence-electron chi connectivity index (χ0n) is 19.4. The first kappa shape index (κ1) is 20.3. The lowest BCUT2D eigenvalue weighted by atomic mass is 9.42. The van der Waals surface area contributed by atoms with Crippen LogP contribution in [0, 0.1) is 58.2 Å². The molecule has 10 unspecified atom stereocenters. The molecule has 0 N–H and O–H groups in total. The van der Waals surface area contributed by atoms with Gasteiger partial charge in [-0.3, -0.25) is 0 Å². The van der Waals surface area contributed by atoms with Crippen molar-refractivity contribution in [2.24, 2.45) is 58.2 Å². The molecule has 0 radical (unpaired) electrons. The van der Waals surface area contributed by atoms with Crippen LogP contribution in [0.4, 0.5) is 0 Å². The van der Waals surface area contributed by atoms with Gasteiger partial charge in [-0.2, -0.15) is 0 Å². The van der Waals surface area contributed by atoms with Crippen LogP contribution >= 0.6 is 0 Å². The quantitative estimate of drug-likeness (QED) is 0.465. The Bertz CT molecular complexity index is 522. The van der Waals surface area contributed by atoms with E-state index in [-0.39, 0.29) is 0 Å². The SMILES string of the molecule is CCCCC(C)C1CCC2C3C(C)CC4CC(C)CCC4(C)C3CCC12C. The molecule has 0 heterocycles. The fraction of sp³-hybridized carbons (Fsp3) is 1.00. The van der Waals surface area contributed by atoms with Crippen molar-refractivity contribution in [1.82, 2.24) is 0 Å². The minimum Gasteiger partial charge on any atom is -0.0654 e. The monoisotopic (exact) mass is 372 g/mol. The highest BCUT2D eigenvalue weighted by Crippen LogP contribution is 2.69. The summed E-state index contributed by atoms with van der Waals surface area (Å²) < 4.78 is 0. The third-order valence-corrected chi connectivity index (χ3v) is 11.1. The van der Waals surface area contributed by atoms with Crippen molar-refractivity contribution in [1.29, 1.82) is 0 Å². The summed E-state index contributed by atoms with van der Waals surface area (Å²) in [4.78, 5) is 0. The summed E-state index contributed by atoms with van der Waals surface area (Å²) in [6.07, 6.45) is 16.6. The van der Waals surface area contributed by atoms with E-state index in [1.807, 2.05) is 0 Å². The van der Waals surface area contributed by atoms with Crippen LogP contribution in [-0.4, -0.2) is 0 Å². The van der Waals surface area contributed by atoms with Crippen LogP contribution in [0.15, 0.2) is 0 Å². The molecular weight excluding hydrogens is 324 g/mol. The van der Waals surface area contributed by atoms with Crippen molar-refractivity contribution in [3.05, 3.63) is 0 Å². The van der Waals surface area contributed by atoms with Crippen molar-refractivity contribution in [3.8, 4) is 0 Å². The molecule has 0 heteroatoms. The second-order valence-electron chi connectivity index (χ2n) is 12.4. The smallest absolute Gasteiger partial charge is 0.0264 e. The highest BCUT2D eigenvalue weighted by atomic mass is 14.7. The van der Waals surface area contributed by atoms with Gasteiger partial charge in [-0.1, -0.05) is 67.2 Å². The highest BCUT2D eigenvalue weighted by molar-refractivity contribution is 5.10. The predicted octanol–water partition coefficient (Wildman–Crippen LogP) is 8.35. The zero-order valence-corrected chi connectivity index (χ0v) is 19.4. The molecule has 0 spiro atoms. The van der Waals surface area contributed by atoms with Gasteiger partial charge in [-0.25, -0.2) is 0 Å². The summed E-state index contributed by atoms with van der Waals surface area (Å²) >= 11 is 0. The minimum atomic E-state index is 0.660. The van der Waals surface area contributed by atoms with E-state index in [9.17, 15) is 0 Å². The average Bonchev–Trinajstić information content (AvgIpc) is 2.98. The Hall–Kier alpha value is 0. The first-order valence-corrected chi connectivity index (χ1v) is 12.8. The van der Waals surface area contributed by atoms with Crippen molar-refractivity contribution >= 4 is 0 Å². The molecule has 4 rings (SSSR count). The number of unbranched alkanes of at least 4 members (excludes halogenated alkanes) is 1. The van der Waals surface area contributed by atoms with Crippen molar-refractivity contribution in [3.63, 3.8) is 0 Å². The fourth-order valence-electron chi connectivity index (χ4n) is 9.55. The lowest BCUT2D eigenvalue weighted by molar-refractivity contribution is -0.142. The molecule has 10 atom stereocenters. The van der Waals surface area contributed by atoms with Crippen LogP contribution in [0.25, 0.3) is 0 Å². The molecule has 4 aliphatic rings. The van der Waals surface area contributed by atoms with E-state index in [0.29, 0.717) is 10.8 Å². The topological polar surface area (TPSA) is 0 Å². The maximum absolute atomic E-state index is 2.75. The van der Waals surface area contributed by atoms with Gasteiger partial charge in [0.15, 0.2) is 0 Å². The van der Waals surface area contributed by atoms with Crippen LogP contribution < -0.4 is 0 Å². The van der Waals surface area contributed by atoms with E-state index in [1.165, 1.54) is 38.5 Å². The Morgan fingerprint density at radius 1 is 0.889 bits per heavy atom. The highest BCUT2D eigenvalue weighted by Gasteiger charge is 2.61. The molecule has 0 amide bonds. The molecular formula is C27H48. The van der Waals surface area contributed by atoms with Crippen molar-refractivity contribution in [2.45, 2.75) is 112 Å². The Kier molecular flexibility index (Phi) is 5.53. The number of hydrogen-bond donors (Lipinski definition) is 0. The summed E-state index contributed by atoms with van der Waals surface area (Å²) in [5, 5.41) is 0. The molecule has 4 saturated carbocycles. The fourth-order valence-corrected chi connectivity index (χ4v) is 9.55. The number of fused-ring (bicyclic) bond motifs is 5. The van der Waals surface area contributed by atoms with Gasteiger partial charge in [-0.05, 0) is 103 Å². The second-order valence-corrected chi connectivity index (χ2v) is 12.4. The van der Waals surface area contributed by atoms with Gasteiger partial charge in [0, 0.05) is 0 Å². The van der Waals surface area contributed by atoms with Crippen LogP contribution in [0.2, 0.25) is 0 Å². The Morgan fingerprint density at radius 2 is 1.59 bits per heavy atom. The van der Waals surface area contributed by atoms with Gasteiger partial charge in [0.25, 0.3) is 0 Å². The normalized spacial score (nSPS) is 53.3. The van der Waals surface area contributed by atoms with E-state index in [0.717, 1.165) is 47.3 Å². The number of hydrogen-bond acceptors (Lipinski definition) is 0. The van der Waals surface area contributed by atoms with Crippen LogP contribution in [0.3, 0.4) is 0 Å². The van der Waals surface area contributed by atoms with Crippen molar-refractivity contribution in [2.75, 3.05) is 0 Å². The lowest BCUT2D eigenvalue weighted by Crippen LogP contribution is -2.56. The third-order valence-electron chi connectivity index (χ3n) is 11.1. The molecule has 27 heavy (non-hydrogen) atoms. The predicted molar refractivity (Wildman–Crippen MR) is 118 cm³/mol. The third kappa shape index (κ3) is 3.15. The largest absolute Gasteiger partial charge is 0.0654 e. The number of rotatable bonds is 4. The molecule has 156 valence electrons. The summed E-state index contributed by atoms with van der Waals surface area (Å²) in [5.74, 6) is 8.08. The van der Waals surface area contributed by atoms with Crippen molar-refractivity contribution < 1.29 is 0 Å². The maximum atomic E-state index is 2.75. The van der Waals surface area contributed by atoms with Gasteiger partial charge < -0.3 is 0 Å². The van der Waals surface area contributed by atoms with E-state index < -0.39 is 0 Å². The van der Waals surface area contributed by atoms with E-state index in [1.54, 1.807) is 32.1 Å². The average molecular weight is 373 g/mol. The molecule has 0 bridgehead atoms. The van der Waals surface area contributed by atoms with E-state index in [2.05, 4.69) is 41.5 Å². The molecule has 0 nitrogen and oxygen atoms in total. The molecule has 0 aromatic rings. The summed E-state index contributed by atoms with van der Waals surface area (Å²) in [5.41, 5.74) is 1.34. The molecule has 0 saturated heterocycles. The van der Waals surface area contributed by atoms with Gasteiger partial charge in [-0.15, -0.1) is 0 Å². The first-order valence-electron chi connectivity index (χ1n) is 12.8. The summed E-state index contributed by atoms with van der Waals surface area (Å²) in [7, 11) is 0. The molecule has 0 aromatic carbocycles. The Morgan fingerprint density at radius 3 is 2.33 bits per heavy atom. The van der Waals surface area contributed by atoms with Gasteiger partial charge in [0.05, 0.1) is 0 Å². The van der Waals surface area contributed by atoms with Gasteiger partial charge >= 0.3 is 0 Å². The Labute approximate surface area is 170 Å². The van der Waals surface area contributed by atoms with Gasteiger partial charge in [0.2, 0.25) is 0 Å². The van der Waals surface area contributed by atoms with E-state index >= 15 is 0 Å². The minimum absolute atomic E-state index is 0.660. The van der Waals surface area contributed by atoms with E-state index in [4.69, 9.17) is 0 Å². The molecule has 4 fully saturated rings. The first-order chi connectivity index (χ1) is 12.8. The van der Waals surface area contributed by atoms with Crippen LogP contribution in [0.5, 0.6) is 0 Å². The Balaban J connectivity index is 1.57. The molecule has 0 aliphatic heterocycles.